The van der Waals surface area contributed by atoms with Crippen molar-refractivity contribution in [3.63, 3.8) is 0 Å². The van der Waals surface area contributed by atoms with E-state index in [0.29, 0.717) is 40.5 Å². The Morgan fingerprint density at radius 3 is 2.69 bits per heavy atom. The van der Waals surface area contributed by atoms with Crippen molar-refractivity contribution in [1.82, 2.24) is 19.1 Å². The fourth-order valence-corrected chi connectivity index (χ4v) is 2.81. The molecule has 3 N–H and O–H groups in total. The number of nitrogens with two attached hydrogens (primary N) is 1. The number of aromatic nitrogens is 4. The molecule has 3 rings (SSSR count). The van der Waals surface area contributed by atoms with Gasteiger partial charge >= 0.3 is 0 Å². The van der Waals surface area contributed by atoms with Gasteiger partial charge in [0.2, 0.25) is 11.9 Å². The van der Waals surface area contributed by atoms with E-state index in [0.717, 1.165) is 6.42 Å². The predicted octanol–water partition coefficient (Wildman–Crippen LogP) is 1.54. The molecule has 2 heterocycles. The molecule has 0 aliphatic rings. The second-order valence-electron chi connectivity index (χ2n) is 5.84. The van der Waals surface area contributed by atoms with Gasteiger partial charge in [-0.05, 0) is 18.6 Å². The van der Waals surface area contributed by atoms with Crippen LogP contribution in [0.5, 0.6) is 5.75 Å². The van der Waals surface area contributed by atoms with Gasteiger partial charge in [-0.25, -0.2) is 9.97 Å². The third kappa shape index (κ3) is 2.99. The van der Waals surface area contributed by atoms with Crippen molar-refractivity contribution >= 4 is 28.8 Å². The largest absolute Gasteiger partial charge is 0.494 e. The first-order valence-electron chi connectivity index (χ1n) is 8.12. The fourth-order valence-electron chi connectivity index (χ4n) is 2.81. The number of hydrogen-bond acceptors (Lipinski definition) is 5. The van der Waals surface area contributed by atoms with E-state index in [1.807, 2.05) is 11.5 Å². The summed E-state index contributed by atoms with van der Waals surface area (Å²) in [5.74, 6) is -0.0614. The minimum absolute atomic E-state index is 0.292. The molecule has 0 radical (unpaired) electrons. The number of nitrogens with zero attached hydrogens (tertiary/aromatic N) is 4. The quantitative estimate of drug-likeness (QED) is 0.695. The Hall–Kier alpha value is -3.36. The first-order valence-corrected chi connectivity index (χ1v) is 8.12. The van der Waals surface area contributed by atoms with Crippen molar-refractivity contribution < 1.29 is 14.3 Å². The molecular weight excluding hydrogens is 336 g/mol. The maximum atomic E-state index is 12.5. The number of carbonyl (C=O) groups excluding carboxylic acids is 2. The number of carbonyl (C=O) groups is 2. The standard InChI is InChI=1S/C17H20N6O3/c1-4-5-23-14-11(6-10(15(18)24)7-13(14)26-3)20-17(23)21-16(25)12-8-19-9-22(12)2/h6-9H,4-5H2,1-3H3,(H2,18,24)(H,20,21,25). The lowest BCUT2D eigenvalue weighted by Crippen LogP contribution is -2.18. The topological polar surface area (TPSA) is 117 Å². The van der Waals surface area contributed by atoms with Crippen molar-refractivity contribution in [2.75, 3.05) is 12.4 Å². The summed E-state index contributed by atoms with van der Waals surface area (Å²) < 4.78 is 8.89. The third-order valence-corrected chi connectivity index (χ3v) is 4.03. The van der Waals surface area contributed by atoms with E-state index in [4.69, 9.17) is 10.5 Å². The van der Waals surface area contributed by atoms with Gasteiger partial charge in [0.25, 0.3) is 5.91 Å². The highest BCUT2D eigenvalue weighted by molar-refractivity contribution is 6.04. The molecule has 2 aromatic heterocycles. The summed E-state index contributed by atoms with van der Waals surface area (Å²) in [5, 5.41) is 2.81. The summed E-state index contributed by atoms with van der Waals surface area (Å²) in [7, 11) is 3.25. The van der Waals surface area contributed by atoms with Crippen LogP contribution in [0.3, 0.4) is 0 Å². The zero-order valence-corrected chi connectivity index (χ0v) is 14.8. The van der Waals surface area contributed by atoms with Crippen LogP contribution in [0.25, 0.3) is 11.0 Å². The monoisotopic (exact) mass is 356 g/mol. The van der Waals surface area contributed by atoms with E-state index in [1.54, 1.807) is 30.1 Å². The summed E-state index contributed by atoms with van der Waals surface area (Å²) in [4.78, 5) is 32.5. The predicted molar refractivity (Wildman–Crippen MR) is 96.3 cm³/mol. The van der Waals surface area contributed by atoms with E-state index in [9.17, 15) is 9.59 Å². The maximum absolute atomic E-state index is 12.5. The van der Waals surface area contributed by atoms with Crippen molar-refractivity contribution in [1.29, 1.82) is 0 Å². The van der Waals surface area contributed by atoms with Gasteiger partial charge in [-0.2, -0.15) is 0 Å². The number of aryl methyl sites for hydroxylation is 2. The lowest BCUT2D eigenvalue weighted by molar-refractivity contribution is 0.0996. The number of imidazole rings is 2. The molecule has 3 aromatic rings. The van der Waals surface area contributed by atoms with Gasteiger partial charge < -0.3 is 19.6 Å². The van der Waals surface area contributed by atoms with Gasteiger partial charge in [-0.1, -0.05) is 6.92 Å². The molecule has 0 aliphatic heterocycles. The Balaban J connectivity index is 2.12. The normalized spacial score (nSPS) is 10.9. The first kappa shape index (κ1) is 17.5. The zero-order chi connectivity index (χ0) is 18.8. The number of methoxy groups -OCH3 is 1. The third-order valence-electron chi connectivity index (χ3n) is 4.03. The number of hydrogen-bond donors (Lipinski definition) is 2. The molecule has 26 heavy (non-hydrogen) atoms. The van der Waals surface area contributed by atoms with Crippen molar-refractivity contribution in [2.45, 2.75) is 19.9 Å². The van der Waals surface area contributed by atoms with E-state index in [1.165, 1.54) is 13.3 Å². The molecule has 0 atom stereocenters. The van der Waals surface area contributed by atoms with E-state index >= 15 is 0 Å². The Morgan fingerprint density at radius 1 is 1.35 bits per heavy atom. The summed E-state index contributed by atoms with van der Waals surface area (Å²) in [6, 6.07) is 3.16. The highest BCUT2D eigenvalue weighted by Gasteiger charge is 2.20. The number of fused-ring (bicyclic) bond motifs is 1. The van der Waals surface area contributed by atoms with Crippen LogP contribution in [-0.2, 0) is 13.6 Å². The van der Waals surface area contributed by atoms with Gasteiger partial charge in [0.05, 0.1) is 25.2 Å². The second kappa shape index (κ2) is 6.87. The number of rotatable bonds is 6. The molecule has 9 heteroatoms. The molecule has 0 spiro atoms. The molecular formula is C17H20N6O3. The molecule has 0 saturated heterocycles. The van der Waals surface area contributed by atoms with Gasteiger partial charge in [-0.15, -0.1) is 0 Å². The number of benzene rings is 1. The highest BCUT2D eigenvalue weighted by Crippen LogP contribution is 2.31. The average molecular weight is 356 g/mol. The summed E-state index contributed by atoms with van der Waals surface area (Å²) in [6.07, 6.45) is 3.85. The van der Waals surface area contributed by atoms with Crippen LogP contribution in [0.2, 0.25) is 0 Å². The van der Waals surface area contributed by atoms with Crippen LogP contribution in [0.15, 0.2) is 24.7 Å². The van der Waals surface area contributed by atoms with Gasteiger partial charge in [0.15, 0.2) is 0 Å². The van der Waals surface area contributed by atoms with Crippen LogP contribution >= 0.6 is 0 Å². The van der Waals surface area contributed by atoms with Crippen molar-refractivity contribution in [2.24, 2.45) is 12.8 Å². The number of amides is 2. The Labute approximate surface area is 149 Å². The van der Waals surface area contributed by atoms with E-state index in [-0.39, 0.29) is 5.91 Å². The molecule has 0 saturated carbocycles. The summed E-state index contributed by atoms with van der Waals surface area (Å²) >= 11 is 0. The average Bonchev–Trinajstić information content (AvgIpc) is 3.18. The lowest BCUT2D eigenvalue weighted by atomic mass is 10.1. The molecule has 1 aromatic carbocycles. The molecule has 0 unspecified atom stereocenters. The molecule has 0 aliphatic carbocycles. The van der Waals surface area contributed by atoms with Crippen LogP contribution in [0, 0.1) is 0 Å². The SMILES string of the molecule is CCCn1c(NC(=O)c2cncn2C)nc2cc(C(N)=O)cc(OC)c21. The van der Waals surface area contributed by atoms with Crippen molar-refractivity contribution in [3.05, 3.63) is 35.9 Å². The molecule has 0 bridgehead atoms. The number of ether oxygens (including phenoxy) is 1. The first-order chi connectivity index (χ1) is 12.5. The maximum Gasteiger partial charge on any atom is 0.276 e. The molecule has 2 amide bonds. The number of anilines is 1. The smallest absolute Gasteiger partial charge is 0.276 e. The van der Waals surface area contributed by atoms with Crippen molar-refractivity contribution in [3.8, 4) is 5.75 Å². The molecule has 0 fully saturated rings. The Bertz CT molecular complexity index is 988. The number of nitrogens with one attached hydrogen (secondary N) is 1. The Morgan fingerprint density at radius 2 is 2.12 bits per heavy atom. The lowest BCUT2D eigenvalue weighted by Gasteiger charge is -2.11. The highest BCUT2D eigenvalue weighted by atomic mass is 16.5. The van der Waals surface area contributed by atoms with E-state index < -0.39 is 5.91 Å². The van der Waals surface area contributed by atoms with Gasteiger partial charge in [0, 0.05) is 19.2 Å². The second-order valence-corrected chi connectivity index (χ2v) is 5.84. The Kier molecular flexibility index (Phi) is 4.61. The van der Waals surface area contributed by atoms with Gasteiger partial charge in [0.1, 0.15) is 17.0 Å². The summed E-state index contributed by atoms with van der Waals surface area (Å²) in [6.45, 7) is 2.63. The fraction of sp³-hybridized carbons (Fsp3) is 0.294. The van der Waals surface area contributed by atoms with Crippen LogP contribution in [-0.4, -0.2) is 38.0 Å². The van der Waals surface area contributed by atoms with Gasteiger partial charge in [-0.3, -0.25) is 14.9 Å². The minimum Gasteiger partial charge on any atom is -0.494 e. The number of primary amides is 1. The molecule has 9 nitrogen and oxygen atoms in total. The van der Waals surface area contributed by atoms with Crippen LogP contribution in [0.4, 0.5) is 5.95 Å². The van der Waals surface area contributed by atoms with Crippen LogP contribution in [0.1, 0.15) is 34.2 Å². The zero-order valence-electron chi connectivity index (χ0n) is 14.8. The van der Waals surface area contributed by atoms with Crippen LogP contribution < -0.4 is 15.8 Å². The summed E-state index contributed by atoms with van der Waals surface area (Å²) in [5.41, 5.74) is 7.30. The molecule has 136 valence electrons. The van der Waals surface area contributed by atoms with E-state index in [2.05, 4.69) is 15.3 Å². The minimum atomic E-state index is -0.573.